The van der Waals surface area contributed by atoms with Gasteiger partial charge in [0.15, 0.2) is 0 Å². The third kappa shape index (κ3) is 2.16. The summed E-state index contributed by atoms with van der Waals surface area (Å²) < 4.78 is 0. The molecule has 1 fully saturated rings. The number of aliphatic carboxylic acids is 1. The van der Waals surface area contributed by atoms with Crippen LogP contribution in [0.1, 0.15) is 28.8 Å². The monoisotopic (exact) mass is 249 g/mol. The van der Waals surface area contributed by atoms with E-state index >= 15 is 0 Å². The van der Waals surface area contributed by atoms with Crippen LogP contribution in [0.4, 0.5) is 0 Å². The second-order valence-electron chi connectivity index (χ2n) is 4.50. The molecule has 5 nitrogen and oxygen atoms in total. The molecule has 1 saturated heterocycles. The van der Waals surface area contributed by atoms with Gasteiger partial charge < -0.3 is 15.1 Å². The van der Waals surface area contributed by atoms with Gasteiger partial charge in [0, 0.05) is 12.1 Å². The van der Waals surface area contributed by atoms with Gasteiger partial charge in [0.25, 0.3) is 5.91 Å². The quantitative estimate of drug-likeness (QED) is 0.830. The molecule has 5 heteroatoms. The van der Waals surface area contributed by atoms with E-state index in [1.54, 1.807) is 13.0 Å². The molecule has 2 rings (SSSR count). The van der Waals surface area contributed by atoms with Gasteiger partial charge in [0.1, 0.15) is 11.8 Å². The number of hydrogen-bond donors (Lipinski definition) is 2. The maximum Gasteiger partial charge on any atom is 0.326 e. The second-order valence-corrected chi connectivity index (χ2v) is 4.50. The zero-order chi connectivity index (χ0) is 13.3. The summed E-state index contributed by atoms with van der Waals surface area (Å²) in [6.45, 7) is 2.17. The summed E-state index contributed by atoms with van der Waals surface area (Å²) in [6, 6.07) is 3.82. The highest BCUT2D eigenvalue weighted by molar-refractivity contribution is 5.97. The van der Waals surface area contributed by atoms with Crippen molar-refractivity contribution in [2.24, 2.45) is 0 Å². The van der Waals surface area contributed by atoms with E-state index in [2.05, 4.69) is 0 Å². The lowest BCUT2D eigenvalue weighted by Gasteiger charge is -2.21. The minimum Gasteiger partial charge on any atom is -0.508 e. The first-order valence-electron chi connectivity index (χ1n) is 5.84. The highest BCUT2D eigenvalue weighted by Crippen LogP contribution is 2.23. The van der Waals surface area contributed by atoms with E-state index in [1.807, 2.05) is 0 Å². The Morgan fingerprint density at radius 1 is 1.39 bits per heavy atom. The Bertz CT molecular complexity index is 498. The lowest BCUT2D eigenvalue weighted by molar-refractivity contribution is -0.141. The number of nitrogens with zero attached hydrogens (tertiary/aromatic N) is 1. The van der Waals surface area contributed by atoms with Gasteiger partial charge in [-0.15, -0.1) is 0 Å². The first kappa shape index (κ1) is 12.4. The minimum absolute atomic E-state index is 0.128. The molecule has 1 aromatic rings. The highest BCUT2D eigenvalue weighted by atomic mass is 16.4. The number of carboxylic acids is 1. The van der Waals surface area contributed by atoms with Crippen LogP contribution in [0.25, 0.3) is 0 Å². The van der Waals surface area contributed by atoms with Crippen molar-refractivity contribution in [1.29, 1.82) is 0 Å². The minimum atomic E-state index is -0.962. The summed E-state index contributed by atoms with van der Waals surface area (Å²) in [6.07, 6.45) is 1.21. The van der Waals surface area contributed by atoms with Gasteiger partial charge in [-0.25, -0.2) is 4.79 Å². The Hall–Kier alpha value is -2.04. The maximum atomic E-state index is 12.2. The van der Waals surface area contributed by atoms with Crippen molar-refractivity contribution < 1.29 is 19.8 Å². The van der Waals surface area contributed by atoms with E-state index < -0.39 is 12.0 Å². The van der Waals surface area contributed by atoms with E-state index in [0.29, 0.717) is 30.5 Å². The van der Waals surface area contributed by atoms with E-state index in [9.17, 15) is 14.7 Å². The number of amides is 1. The molecule has 1 aliphatic rings. The number of likely N-dealkylation sites (tertiary alicyclic amines) is 1. The molecule has 0 aliphatic carbocycles. The Kier molecular flexibility index (Phi) is 3.23. The van der Waals surface area contributed by atoms with Crippen LogP contribution in [-0.4, -0.2) is 39.6 Å². The van der Waals surface area contributed by atoms with Crippen LogP contribution in [0.5, 0.6) is 5.75 Å². The smallest absolute Gasteiger partial charge is 0.326 e. The summed E-state index contributed by atoms with van der Waals surface area (Å²) in [5.74, 6) is -1.12. The van der Waals surface area contributed by atoms with E-state index in [1.165, 1.54) is 17.0 Å². The number of phenols is 1. The fraction of sp³-hybridized carbons (Fsp3) is 0.385. The van der Waals surface area contributed by atoms with Crippen LogP contribution < -0.4 is 0 Å². The lowest BCUT2D eigenvalue weighted by Crippen LogP contribution is -2.40. The van der Waals surface area contributed by atoms with Crippen molar-refractivity contribution in [3.05, 3.63) is 29.3 Å². The topological polar surface area (TPSA) is 77.8 Å². The maximum absolute atomic E-state index is 12.2. The number of phenolic OH excluding ortho intramolecular Hbond substituents is 1. The van der Waals surface area contributed by atoms with Gasteiger partial charge in [-0.1, -0.05) is 0 Å². The molecule has 1 heterocycles. The Morgan fingerprint density at radius 3 is 2.72 bits per heavy atom. The predicted octanol–water partition coefficient (Wildman–Crippen LogP) is 1.39. The second kappa shape index (κ2) is 4.68. The lowest BCUT2D eigenvalue weighted by atomic mass is 10.1. The molecule has 2 N–H and O–H groups in total. The average Bonchev–Trinajstić information content (AvgIpc) is 2.81. The SMILES string of the molecule is Cc1cc(C(=O)N2CCC[C@H]2C(=O)O)ccc1O. The number of carbonyl (C=O) groups excluding carboxylic acids is 1. The van der Waals surface area contributed by atoms with Crippen LogP contribution in [0.2, 0.25) is 0 Å². The zero-order valence-corrected chi connectivity index (χ0v) is 10.1. The third-order valence-electron chi connectivity index (χ3n) is 3.24. The summed E-state index contributed by atoms with van der Waals surface area (Å²) in [5.41, 5.74) is 1.02. The first-order chi connectivity index (χ1) is 8.50. The summed E-state index contributed by atoms with van der Waals surface area (Å²) in [7, 11) is 0. The van der Waals surface area contributed by atoms with Gasteiger partial charge in [0.05, 0.1) is 0 Å². The summed E-state index contributed by atoms with van der Waals surface area (Å²) >= 11 is 0. The number of carboxylic acid groups (broad SMARTS) is 1. The number of aryl methyl sites for hydroxylation is 1. The largest absolute Gasteiger partial charge is 0.508 e. The molecular weight excluding hydrogens is 234 g/mol. The molecule has 0 spiro atoms. The molecule has 1 amide bonds. The molecule has 0 unspecified atom stereocenters. The van der Waals surface area contributed by atoms with Gasteiger partial charge in [-0.3, -0.25) is 4.79 Å². The Balaban J connectivity index is 2.25. The molecule has 1 aliphatic heterocycles. The van der Waals surface area contributed by atoms with Crippen LogP contribution in [-0.2, 0) is 4.79 Å². The molecular formula is C13H15NO4. The van der Waals surface area contributed by atoms with Gasteiger partial charge in [-0.2, -0.15) is 0 Å². The normalized spacial score (nSPS) is 18.9. The van der Waals surface area contributed by atoms with Crippen molar-refractivity contribution in [3.8, 4) is 5.75 Å². The molecule has 0 radical (unpaired) electrons. The number of carbonyl (C=O) groups is 2. The average molecular weight is 249 g/mol. The van der Waals surface area contributed by atoms with Crippen molar-refractivity contribution in [1.82, 2.24) is 4.90 Å². The number of aromatic hydroxyl groups is 1. The number of hydrogen-bond acceptors (Lipinski definition) is 3. The molecule has 0 saturated carbocycles. The number of benzene rings is 1. The highest BCUT2D eigenvalue weighted by Gasteiger charge is 2.34. The van der Waals surface area contributed by atoms with Crippen molar-refractivity contribution >= 4 is 11.9 Å². The predicted molar refractivity (Wildman–Crippen MR) is 64.5 cm³/mol. The molecule has 96 valence electrons. The first-order valence-corrected chi connectivity index (χ1v) is 5.84. The summed E-state index contributed by atoms with van der Waals surface area (Å²) in [5, 5.41) is 18.5. The molecule has 18 heavy (non-hydrogen) atoms. The summed E-state index contributed by atoms with van der Waals surface area (Å²) in [4.78, 5) is 24.6. The molecule has 1 aromatic carbocycles. The van der Waals surface area contributed by atoms with Gasteiger partial charge in [-0.05, 0) is 43.5 Å². The van der Waals surface area contributed by atoms with E-state index in [0.717, 1.165) is 0 Å². The van der Waals surface area contributed by atoms with E-state index in [-0.39, 0.29) is 11.7 Å². The fourth-order valence-corrected chi connectivity index (χ4v) is 2.22. The van der Waals surface area contributed by atoms with Crippen LogP contribution in [0, 0.1) is 6.92 Å². The van der Waals surface area contributed by atoms with Crippen LogP contribution in [0.15, 0.2) is 18.2 Å². The molecule has 0 bridgehead atoms. The Labute approximate surface area is 105 Å². The van der Waals surface area contributed by atoms with E-state index in [4.69, 9.17) is 5.11 Å². The van der Waals surface area contributed by atoms with Crippen molar-refractivity contribution in [2.75, 3.05) is 6.54 Å². The molecule has 1 atom stereocenters. The number of rotatable bonds is 2. The van der Waals surface area contributed by atoms with Gasteiger partial charge in [0.2, 0.25) is 0 Å². The standard InChI is InChI=1S/C13H15NO4/c1-8-7-9(4-5-11(8)15)12(16)14-6-2-3-10(14)13(17)18/h4-5,7,10,15H,2-3,6H2,1H3,(H,17,18)/t10-/m0/s1. The molecule has 0 aromatic heterocycles. The van der Waals surface area contributed by atoms with Gasteiger partial charge >= 0.3 is 5.97 Å². The van der Waals surface area contributed by atoms with Crippen LogP contribution >= 0.6 is 0 Å². The third-order valence-corrected chi connectivity index (χ3v) is 3.24. The fourth-order valence-electron chi connectivity index (χ4n) is 2.22. The Morgan fingerprint density at radius 2 is 2.11 bits per heavy atom. The van der Waals surface area contributed by atoms with Crippen molar-refractivity contribution in [3.63, 3.8) is 0 Å². The zero-order valence-electron chi connectivity index (χ0n) is 10.1. The van der Waals surface area contributed by atoms with Crippen LogP contribution in [0.3, 0.4) is 0 Å². The van der Waals surface area contributed by atoms with Crippen molar-refractivity contribution in [2.45, 2.75) is 25.8 Å².